The van der Waals surface area contributed by atoms with Crippen molar-refractivity contribution in [2.45, 2.75) is 19.9 Å². The zero-order valence-electron chi connectivity index (χ0n) is 30.1. The first kappa shape index (κ1) is 34.6. The number of hydrogen-bond acceptors (Lipinski definition) is 6. The molecule has 3 heterocycles. The SMILES string of the molecule is CCOC(=O)C1=C(c2ccccc2)N=c2s/c(=C/c3cc(-c4ccccc4)n(-c4ccc(C)cc4)c3-c3ccccc3)c(=O)n2[C@@H]1c1ccc(OC)cc1. The highest BCUT2D eigenvalue weighted by molar-refractivity contribution is 7.07. The lowest BCUT2D eigenvalue weighted by Crippen LogP contribution is -2.40. The van der Waals surface area contributed by atoms with E-state index in [1.165, 1.54) is 16.9 Å². The maximum atomic E-state index is 14.9. The number of benzene rings is 5. The Morgan fingerprint density at radius 1 is 0.796 bits per heavy atom. The molecule has 5 aromatic carbocycles. The van der Waals surface area contributed by atoms with Crippen LogP contribution in [0.15, 0.2) is 161 Å². The van der Waals surface area contributed by atoms with Crippen LogP contribution in [0.25, 0.3) is 40.0 Å². The van der Waals surface area contributed by atoms with E-state index in [-0.39, 0.29) is 12.2 Å². The van der Waals surface area contributed by atoms with Crippen LogP contribution >= 0.6 is 11.3 Å². The van der Waals surface area contributed by atoms with Crippen molar-refractivity contribution >= 4 is 29.1 Å². The van der Waals surface area contributed by atoms with Crippen molar-refractivity contribution in [3.8, 4) is 34.0 Å². The smallest absolute Gasteiger partial charge is 0.338 e. The molecule has 8 heteroatoms. The average Bonchev–Trinajstić information content (AvgIpc) is 3.75. The Bertz CT molecular complexity index is 2680. The topological polar surface area (TPSA) is 74.8 Å². The Morgan fingerprint density at radius 3 is 2.02 bits per heavy atom. The minimum absolute atomic E-state index is 0.175. The van der Waals surface area contributed by atoms with E-state index >= 15 is 0 Å². The van der Waals surface area contributed by atoms with Crippen LogP contribution in [0.3, 0.4) is 0 Å². The summed E-state index contributed by atoms with van der Waals surface area (Å²) in [5.41, 5.74) is 9.05. The van der Waals surface area contributed by atoms with E-state index < -0.39 is 12.0 Å². The highest BCUT2D eigenvalue weighted by Gasteiger charge is 2.35. The van der Waals surface area contributed by atoms with E-state index in [4.69, 9.17) is 14.5 Å². The zero-order chi connectivity index (χ0) is 37.2. The number of fused-ring (bicyclic) bond motifs is 1. The molecule has 266 valence electrons. The first-order valence-electron chi connectivity index (χ1n) is 17.8. The van der Waals surface area contributed by atoms with Gasteiger partial charge in [-0.1, -0.05) is 132 Å². The van der Waals surface area contributed by atoms with E-state index in [0.29, 0.717) is 26.4 Å². The first-order valence-corrected chi connectivity index (χ1v) is 18.6. The van der Waals surface area contributed by atoms with Gasteiger partial charge in [0.1, 0.15) is 5.75 Å². The molecule has 0 saturated carbocycles. The van der Waals surface area contributed by atoms with Gasteiger partial charge >= 0.3 is 5.97 Å². The molecule has 1 atom stereocenters. The lowest BCUT2D eigenvalue weighted by atomic mass is 9.93. The van der Waals surface area contributed by atoms with E-state index in [2.05, 4.69) is 66.1 Å². The molecule has 0 radical (unpaired) electrons. The van der Waals surface area contributed by atoms with Crippen molar-refractivity contribution < 1.29 is 14.3 Å². The normalized spacial score (nSPS) is 14.1. The average molecular weight is 728 g/mol. The van der Waals surface area contributed by atoms with Crippen molar-refractivity contribution in [1.29, 1.82) is 0 Å². The molecule has 0 bridgehead atoms. The summed E-state index contributed by atoms with van der Waals surface area (Å²) in [4.78, 5) is 34.4. The monoisotopic (exact) mass is 727 g/mol. The molecule has 1 aliphatic heterocycles. The van der Waals surface area contributed by atoms with Gasteiger partial charge in [0, 0.05) is 16.8 Å². The van der Waals surface area contributed by atoms with Crippen molar-refractivity contribution in [3.63, 3.8) is 0 Å². The van der Waals surface area contributed by atoms with Gasteiger partial charge in [-0.3, -0.25) is 9.36 Å². The fourth-order valence-electron chi connectivity index (χ4n) is 7.00. The van der Waals surface area contributed by atoms with Crippen LogP contribution in [0.2, 0.25) is 0 Å². The third-order valence-corrected chi connectivity index (χ3v) is 10.5. The number of aromatic nitrogens is 2. The van der Waals surface area contributed by atoms with E-state index in [1.54, 1.807) is 18.6 Å². The molecule has 54 heavy (non-hydrogen) atoms. The highest BCUT2D eigenvalue weighted by Crippen LogP contribution is 2.38. The summed E-state index contributed by atoms with van der Waals surface area (Å²) >= 11 is 1.31. The van der Waals surface area contributed by atoms with Gasteiger partial charge in [0.25, 0.3) is 5.56 Å². The zero-order valence-corrected chi connectivity index (χ0v) is 30.9. The quantitative estimate of drug-likeness (QED) is 0.140. The molecule has 8 rings (SSSR count). The summed E-state index contributed by atoms with van der Waals surface area (Å²) in [6.45, 7) is 4.03. The minimum Gasteiger partial charge on any atom is -0.497 e. The number of aryl methyl sites for hydroxylation is 1. The van der Waals surface area contributed by atoms with Crippen LogP contribution < -0.4 is 19.6 Å². The van der Waals surface area contributed by atoms with Crippen molar-refractivity contribution in [1.82, 2.24) is 9.13 Å². The molecule has 7 aromatic rings. The van der Waals surface area contributed by atoms with Crippen molar-refractivity contribution in [2.75, 3.05) is 13.7 Å². The second-order valence-corrected chi connectivity index (χ2v) is 14.0. The molecule has 0 amide bonds. The number of rotatable bonds is 9. The Labute approximate surface area is 317 Å². The molecule has 0 unspecified atom stereocenters. The minimum atomic E-state index is -0.797. The van der Waals surface area contributed by atoms with Crippen LogP contribution in [-0.4, -0.2) is 28.8 Å². The maximum Gasteiger partial charge on any atom is 0.338 e. The Hall–Kier alpha value is -6.51. The number of carbonyl (C=O) groups excluding carboxylic acids is 1. The number of ether oxygens (including phenoxy) is 2. The number of hydrogen-bond donors (Lipinski definition) is 0. The van der Waals surface area contributed by atoms with E-state index in [1.807, 2.05) is 97.1 Å². The second-order valence-electron chi connectivity index (χ2n) is 12.9. The summed E-state index contributed by atoms with van der Waals surface area (Å²) in [6.07, 6.45) is 1.96. The summed E-state index contributed by atoms with van der Waals surface area (Å²) in [5, 5.41) is 0. The Balaban J connectivity index is 1.42. The van der Waals surface area contributed by atoms with Gasteiger partial charge in [-0.05, 0) is 66.9 Å². The number of nitrogens with zero attached hydrogens (tertiary/aromatic N) is 3. The van der Waals surface area contributed by atoms with Crippen LogP contribution in [-0.2, 0) is 9.53 Å². The van der Waals surface area contributed by atoms with Crippen LogP contribution in [0, 0.1) is 6.92 Å². The predicted molar refractivity (Wildman–Crippen MR) is 215 cm³/mol. The molecule has 0 N–H and O–H groups in total. The summed E-state index contributed by atoms with van der Waals surface area (Å²) < 4.78 is 15.5. The standard InChI is InChI=1S/C46H37N3O4S/c1-4-53-45(51)40-41(32-16-10-6-11-17-32)47-46-49(43(40)34-22-26-37(52-3)27-23-34)44(50)39(54-46)29-35-28-38(31-14-8-5-9-15-31)48(36-24-20-30(2)21-25-36)42(35)33-18-12-7-13-19-33/h5-29,43H,4H2,1-3H3/b39-29+/t43-/m1/s1. The third-order valence-electron chi connectivity index (χ3n) is 9.53. The number of carbonyl (C=O) groups is 1. The van der Waals surface area contributed by atoms with Gasteiger partial charge < -0.3 is 14.0 Å². The van der Waals surface area contributed by atoms with Crippen LogP contribution in [0.4, 0.5) is 0 Å². The molecule has 0 saturated heterocycles. The van der Waals surface area contributed by atoms with Crippen LogP contribution in [0.1, 0.15) is 35.2 Å². The highest BCUT2D eigenvalue weighted by atomic mass is 32.1. The van der Waals surface area contributed by atoms with Gasteiger partial charge in [-0.15, -0.1) is 0 Å². The summed E-state index contributed by atoms with van der Waals surface area (Å²) in [6, 6.07) is 47.4. The first-order chi connectivity index (χ1) is 26.4. The summed E-state index contributed by atoms with van der Waals surface area (Å²) in [7, 11) is 1.61. The van der Waals surface area contributed by atoms with Gasteiger partial charge in [0.2, 0.25) is 0 Å². The number of methoxy groups -OCH3 is 1. The third kappa shape index (κ3) is 6.41. The predicted octanol–water partition coefficient (Wildman–Crippen LogP) is 8.38. The molecule has 0 fully saturated rings. The van der Waals surface area contributed by atoms with Gasteiger partial charge in [0.15, 0.2) is 4.80 Å². The Kier molecular flexibility index (Phi) is 9.51. The molecular formula is C46H37N3O4S. The molecule has 0 spiro atoms. The van der Waals surface area contributed by atoms with Gasteiger partial charge in [0.05, 0.1) is 46.9 Å². The molecule has 0 aliphatic carbocycles. The van der Waals surface area contributed by atoms with Crippen molar-refractivity contribution in [2.24, 2.45) is 4.99 Å². The van der Waals surface area contributed by atoms with Crippen molar-refractivity contribution in [3.05, 3.63) is 193 Å². The Morgan fingerprint density at radius 2 is 1.41 bits per heavy atom. The van der Waals surface area contributed by atoms with Gasteiger partial charge in [-0.25, -0.2) is 9.79 Å². The largest absolute Gasteiger partial charge is 0.497 e. The molecular weight excluding hydrogens is 691 g/mol. The molecule has 1 aliphatic rings. The summed E-state index contributed by atoms with van der Waals surface area (Å²) in [5.74, 6) is 0.140. The fourth-order valence-corrected chi connectivity index (χ4v) is 7.99. The van der Waals surface area contributed by atoms with E-state index in [9.17, 15) is 9.59 Å². The number of esters is 1. The molecule has 7 nitrogen and oxygen atoms in total. The van der Waals surface area contributed by atoms with Gasteiger partial charge in [-0.2, -0.15) is 0 Å². The number of thiazole rings is 1. The maximum absolute atomic E-state index is 14.9. The molecule has 2 aromatic heterocycles. The fraction of sp³-hybridized carbons (Fsp3) is 0.109. The lowest BCUT2D eigenvalue weighted by Gasteiger charge is -2.26. The van der Waals surface area contributed by atoms with Crippen LogP contribution in [0.5, 0.6) is 5.75 Å². The lowest BCUT2D eigenvalue weighted by molar-refractivity contribution is -0.138. The second kappa shape index (κ2) is 14.8. The van der Waals surface area contributed by atoms with E-state index in [0.717, 1.165) is 44.9 Å².